The number of fused-ring (bicyclic) bond motifs is 3. The zero-order valence-corrected chi connectivity index (χ0v) is 36.7. The van der Waals surface area contributed by atoms with Crippen LogP contribution in [0.4, 0.5) is 10.1 Å². The molecule has 0 bridgehead atoms. The summed E-state index contributed by atoms with van der Waals surface area (Å²) in [5.41, 5.74) is 9.71. The standard InChI is InChI=1S/C35H41FN2O.C9H18.2CH3.Os/c1-18-14-26(32-23(6)21(4)22(5)24(32)7)15-19(2)31(18)29-17-38(25(8)37(29)9)34-20(3)16-28(36)33-27-12-10-11-13-30(27)39-35(33)34;1-6-5-7(2)9(4)8(6)3;;;/h10-17,21-25,32H,1-9H3;6-9H,5H2,1-4H3;2*1H3;/q;;2*-1;+2/t21?,22?,23?,24?,25-,32?;;;;/m1..../s1. The summed E-state index contributed by atoms with van der Waals surface area (Å²) in [6.07, 6.45) is 3.73. The monoisotopic (exact) mass is 872 g/mol. The van der Waals surface area contributed by atoms with E-state index in [0.717, 1.165) is 52.1 Å². The van der Waals surface area contributed by atoms with Gasteiger partial charge in [-0.3, -0.25) is 0 Å². The van der Waals surface area contributed by atoms with Gasteiger partial charge in [-0.15, -0.1) is 0 Å². The fourth-order valence-corrected chi connectivity index (χ4v) is 9.83. The van der Waals surface area contributed by atoms with Gasteiger partial charge in [0, 0.05) is 24.2 Å². The number of nitrogens with zero attached hydrogens (tertiary/aromatic N) is 2. The average Bonchev–Trinajstić information content (AvgIpc) is 3.68. The molecule has 1 aromatic heterocycles. The van der Waals surface area contributed by atoms with E-state index in [-0.39, 0.29) is 46.6 Å². The summed E-state index contributed by atoms with van der Waals surface area (Å²) in [5, 5.41) is 1.37. The number of aryl methyl sites for hydroxylation is 3. The van der Waals surface area contributed by atoms with E-state index in [1.165, 1.54) is 34.4 Å². The third kappa shape index (κ3) is 7.20. The molecule has 2 heterocycles. The first kappa shape index (κ1) is 42.8. The van der Waals surface area contributed by atoms with E-state index in [0.29, 0.717) is 34.3 Å². The van der Waals surface area contributed by atoms with E-state index in [1.807, 2.05) is 31.2 Å². The van der Waals surface area contributed by atoms with Crippen molar-refractivity contribution in [2.24, 2.45) is 47.3 Å². The smallest absolute Gasteiger partial charge is 0.454 e. The van der Waals surface area contributed by atoms with Crippen molar-refractivity contribution in [3.63, 3.8) is 0 Å². The Kier molecular flexibility index (Phi) is 13.6. The number of hydrogen-bond acceptors (Lipinski definition) is 3. The molecule has 2 saturated carbocycles. The Balaban J connectivity index is 0.000000514. The van der Waals surface area contributed by atoms with Crippen molar-refractivity contribution < 1.29 is 28.6 Å². The summed E-state index contributed by atoms with van der Waals surface area (Å²) < 4.78 is 21.6. The Morgan fingerprint density at radius 3 is 1.75 bits per heavy atom. The zero-order valence-electron chi connectivity index (χ0n) is 34.1. The van der Waals surface area contributed by atoms with Crippen LogP contribution in [0.5, 0.6) is 0 Å². The molecule has 4 aromatic rings. The maximum absolute atomic E-state index is 15.3. The number of para-hydroxylation sites is 1. The van der Waals surface area contributed by atoms with Gasteiger partial charge in [0.25, 0.3) is 0 Å². The number of furan rings is 1. The van der Waals surface area contributed by atoms with Crippen molar-refractivity contribution in [2.75, 3.05) is 11.9 Å². The minimum absolute atomic E-state index is 0. The Morgan fingerprint density at radius 2 is 1.24 bits per heavy atom. The summed E-state index contributed by atoms with van der Waals surface area (Å²) in [7, 11) is 2.16. The van der Waals surface area contributed by atoms with Crippen LogP contribution in [0.25, 0.3) is 27.6 Å². The van der Waals surface area contributed by atoms with E-state index >= 15 is 4.39 Å². The second kappa shape index (κ2) is 16.2. The van der Waals surface area contributed by atoms with Crippen molar-refractivity contribution in [1.29, 1.82) is 0 Å². The van der Waals surface area contributed by atoms with Crippen molar-refractivity contribution in [2.45, 2.75) is 102 Å². The van der Waals surface area contributed by atoms with E-state index in [4.69, 9.17) is 4.42 Å². The molecule has 3 aromatic carbocycles. The molecular weight excluding hydrogens is 806 g/mol. The first-order valence-electron chi connectivity index (χ1n) is 18.6. The second-order valence-electron chi connectivity index (χ2n) is 16.4. The van der Waals surface area contributed by atoms with Crippen LogP contribution in [-0.2, 0) is 19.8 Å². The van der Waals surface area contributed by atoms with Crippen molar-refractivity contribution in [3.05, 3.63) is 97.2 Å². The summed E-state index contributed by atoms with van der Waals surface area (Å²) in [4.78, 5) is 4.59. The van der Waals surface area contributed by atoms with Gasteiger partial charge in [0.1, 0.15) is 17.6 Å². The minimum Gasteiger partial charge on any atom is -0.454 e. The Labute approximate surface area is 323 Å². The van der Waals surface area contributed by atoms with Gasteiger partial charge in [0.2, 0.25) is 0 Å². The quantitative estimate of drug-likeness (QED) is 0.191. The Morgan fingerprint density at radius 1 is 0.706 bits per heavy atom. The summed E-state index contributed by atoms with van der Waals surface area (Å²) >= 11 is 0. The predicted molar refractivity (Wildman–Crippen MR) is 216 cm³/mol. The van der Waals surface area contributed by atoms with E-state index < -0.39 is 0 Å². The first-order valence-corrected chi connectivity index (χ1v) is 18.6. The van der Waals surface area contributed by atoms with Gasteiger partial charge in [-0.2, -0.15) is 0 Å². The average molecular weight is 871 g/mol. The summed E-state index contributed by atoms with van der Waals surface area (Å²) in [6.45, 7) is 27.9. The molecule has 7 rings (SSSR count). The number of rotatable bonds is 3. The van der Waals surface area contributed by atoms with Crippen LogP contribution in [0.15, 0.2) is 53.1 Å². The molecule has 51 heavy (non-hydrogen) atoms. The van der Waals surface area contributed by atoms with Crippen LogP contribution in [0.2, 0.25) is 0 Å². The van der Waals surface area contributed by atoms with Gasteiger partial charge >= 0.3 is 19.8 Å². The third-order valence-electron chi connectivity index (χ3n) is 13.8. The van der Waals surface area contributed by atoms with Crippen LogP contribution in [0.1, 0.15) is 102 Å². The fourth-order valence-electron chi connectivity index (χ4n) is 9.83. The van der Waals surface area contributed by atoms with Crippen LogP contribution in [-0.4, -0.2) is 18.1 Å². The van der Waals surface area contributed by atoms with Crippen molar-refractivity contribution >= 4 is 33.3 Å². The van der Waals surface area contributed by atoms with Crippen molar-refractivity contribution in [1.82, 2.24) is 4.90 Å². The van der Waals surface area contributed by atoms with Gasteiger partial charge in [-0.25, -0.2) is 4.39 Å². The molecule has 0 radical (unpaired) electrons. The molecule has 8 unspecified atom stereocenters. The van der Waals surface area contributed by atoms with E-state index in [1.54, 1.807) is 6.07 Å². The Hall–Kier alpha value is -2.63. The fraction of sp³-hybridized carbons (Fsp3) is 0.522. The normalized spacial score (nSPS) is 30.0. The van der Waals surface area contributed by atoms with Crippen LogP contribution in [0, 0.1) is 88.8 Å². The van der Waals surface area contributed by atoms with Crippen LogP contribution < -0.4 is 4.90 Å². The van der Waals surface area contributed by atoms with Crippen LogP contribution in [0.3, 0.4) is 0 Å². The molecule has 0 spiro atoms. The maximum Gasteiger partial charge on any atom is 2.00 e. The van der Waals surface area contributed by atoms with Gasteiger partial charge in [0.05, 0.1) is 16.8 Å². The van der Waals surface area contributed by atoms with E-state index in [9.17, 15) is 0 Å². The third-order valence-corrected chi connectivity index (χ3v) is 13.8. The maximum atomic E-state index is 15.3. The second-order valence-corrected chi connectivity index (χ2v) is 16.4. The molecule has 2 fully saturated rings. The van der Waals surface area contributed by atoms with Crippen molar-refractivity contribution in [3.8, 4) is 0 Å². The number of anilines is 1. The molecule has 3 nitrogen and oxygen atoms in total. The first-order chi connectivity index (χ1) is 22.6. The van der Waals surface area contributed by atoms with Gasteiger partial charge in [-0.1, -0.05) is 85.7 Å². The topological polar surface area (TPSA) is 19.6 Å². The van der Waals surface area contributed by atoms with Crippen LogP contribution >= 0.6 is 0 Å². The zero-order chi connectivity index (χ0) is 34.9. The summed E-state index contributed by atoms with van der Waals surface area (Å²) in [6, 6.07) is 14.2. The number of halogens is 1. The van der Waals surface area contributed by atoms with Gasteiger partial charge in [-0.05, 0) is 122 Å². The summed E-state index contributed by atoms with van der Waals surface area (Å²) in [5.74, 6) is 7.03. The molecule has 1 aliphatic heterocycles. The Bertz CT molecular complexity index is 1810. The molecule has 2 aliphatic carbocycles. The molecule has 5 heteroatoms. The van der Waals surface area contributed by atoms with E-state index in [2.05, 4.69) is 111 Å². The molecule has 280 valence electrons. The van der Waals surface area contributed by atoms with Gasteiger partial charge in [0.15, 0.2) is 5.58 Å². The largest absolute Gasteiger partial charge is 2.00 e. The SMILES string of the molecule is CC1CC(C)C(C)C1C.Cc1cc(C2C(C)C(C)C(C)C2C)cc(C)c1C1=CN(c2c(C)cc(F)c3c2oc2ccccc23)[C@H](C)N1C.[CH3-].[CH3-].[Os+2]. The minimum atomic E-state index is -0.234. The molecule has 0 saturated heterocycles. The molecule has 0 amide bonds. The number of hydrogen-bond donors (Lipinski definition) is 0. The molecule has 0 N–H and O–H groups in total. The number of benzene rings is 3. The molecular formula is C46H65FN2OOs. The molecule has 3 aliphatic rings. The van der Waals surface area contributed by atoms with Gasteiger partial charge < -0.3 is 29.1 Å². The predicted octanol–water partition coefficient (Wildman–Crippen LogP) is 13.2. The molecule has 9 atom stereocenters.